The molecule has 1 aromatic heterocycles. The van der Waals surface area contributed by atoms with Crippen LogP contribution >= 0.6 is 12.4 Å². The highest BCUT2D eigenvalue weighted by molar-refractivity contribution is 5.92. The van der Waals surface area contributed by atoms with Crippen molar-refractivity contribution in [1.29, 1.82) is 0 Å². The second kappa shape index (κ2) is 7.35. The van der Waals surface area contributed by atoms with Gasteiger partial charge in [-0.3, -0.25) is 4.79 Å². The summed E-state index contributed by atoms with van der Waals surface area (Å²) in [6, 6.07) is 3.02. The number of carbonyl (C=O) groups is 1. The van der Waals surface area contributed by atoms with Gasteiger partial charge in [0.25, 0.3) is 12.3 Å². The molecule has 5 nitrogen and oxygen atoms in total. The summed E-state index contributed by atoms with van der Waals surface area (Å²) in [6.07, 6.45) is -2.70. The Morgan fingerprint density at radius 3 is 2.60 bits per heavy atom. The molecule has 8 heteroatoms. The quantitative estimate of drug-likeness (QED) is 0.881. The highest BCUT2D eigenvalue weighted by Crippen LogP contribution is 2.28. The third-order valence-corrected chi connectivity index (χ3v) is 3.03. The maximum Gasteiger partial charge on any atom is 0.282 e. The molecule has 1 aliphatic rings. The largest absolute Gasteiger partial charge is 0.367 e. The average Bonchev–Trinajstić information content (AvgIpc) is 2.46. The van der Waals surface area contributed by atoms with Crippen LogP contribution in [0.1, 0.15) is 22.6 Å². The Kier molecular flexibility index (Phi) is 6.09. The summed E-state index contributed by atoms with van der Waals surface area (Å²) >= 11 is 0. The molecule has 1 saturated heterocycles. The molecule has 0 spiro atoms. The number of alkyl halides is 2. The molecule has 1 fully saturated rings. The van der Waals surface area contributed by atoms with Gasteiger partial charge in [0.05, 0.1) is 5.69 Å². The Morgan fingerprint density at radius 2 is 2.05 bits per heavy atom. The van der Waals surface area contributed by atoms with Crippen LogP contribution in [0.2, 0.25) is 0 Å². The van der Waals surface area contributed by atoms with E-state index < -0.39 is 12.3 Å². The van der Waals surface area contributed by atoms with Crippen LogP contribution in [0.25, 0.3) is 0 Å². The molecular formula is C12H17ClF2N4O. The maximum absolute atomic E-state index is 13.1. The van der Waals surface area contributed by atoms with Crippen LogP contribution in [0.4, 0.5) is 14.5 Å². The first-order chi connectivity index (χ1) is 9.13. The highest BCUT2D eigenvalue weighted by atomic mass is 35.5. The number of aromatic nitrogens is 1. The SMILES string of the molecule is CNC(=O)c1ccc(N2CCNCC2)c(C(F)F)n1.Cl. The fraction of sp³-hybridized carbons (Fsp3) is 0.500. The fourth-order valence-corrected chi connectivity index (χ4v) is 2.06. The Bertz CT molecular complexity index is 467. The van der Waals surface area contributed by atoms with Gasteiger partial charge in [-0.15, -0.1) is 12.4 Å². The number of hydrogen-bond donors (Lipinski definition) is 2. The second-order valence-corrected chi connectivity index (χ2v) is 4.22. The van der Waals surface area contributed by atoms with E-state index in [9.17, 15) is 13.6 Å². The monoisotopic (exact) mass is 306 g/mol. The standard InChI is InChI=1S/C12H16F2N4O.ClH/c1-15-12(19)8-2-3-9(10(17-8)11(13)14)18-6-4-16-5-7-18;/h2-3,11,16H,4-7H2,1H3,(H,15,19);1H. The van der Waals surface area contributed by atoms with Gasteiger partial charge in [0.1, 0.15) is 11.4 Å². The van der Waals surface area contributed by atoms with Gasteiger partial charge in [0.15, 0.2) is 0 Å². The van der Waals surface area contributed by atoms with Crippen molar-refractivity contribution in [2.75, 3.05) is 38.1 Å². The maximum atomic E-state index is 13.1. The molecule has 2 rings (SSSR count). The van der Waals surface area contributed by atoms with Crippen molar-refractivity contribution in [3.63, 3.8) is 0 Å². The smallest absolute Gasteiger partial charge is 0.282 e. The third-order valence-electron chi connectivity index (χ3n) is 3.03. The lowest BCUT2D eigenvalue weighted by Crippen LogP contribution is -2.44. The molecule has 0 saturated carbocycles. The number of nitrogens with zero attached hydrogens (tertiary/aromatic N) is 2. The van der Waals surface area contributed by atoms with Crippen molar-refractivity contribution in [2.24, 2.45) is 0 Å². The summed E-state index contributed by atoms with van der Waals surface area (Å²) in [6.45, 7) is 2.81. The van der Waals surface area contributed by atoms with E-state index in [0.29, 0.717) is 18.8 Å². The molecule has 1 aliphatic heterocycles. The van der Waals surface area contributed by atoms with Gasteiger partial charge < -0.3 is 15.5 Å². The molecule has 0 bridgehead atoms. The minimum Gasteiger partial charge on any atom is -0.367 e. The number of halogens is 3. The van der Waals surface area contributed by atoms with Gasteiger partial charge in [-0.05, 0) is 12.1 Å². The van der Waals surface area contributed by atoms with Gasteiger partial charge in [-0.1, -0.05) is 0 Å². The first-order valence-corrected chi connectivity index (χ1v) is 6.10. The topological polar surface area (TPSA) is 57.3 Å². The normalized spacial score (nSPS) is 14.9. The minimum absolute atomic E-state index is 0. The summed E-state index contributed by atoms with van der Waals surface area (Å²) in [5.74, 6) is -0.464. The van der Waals surface area contributed by atoms with E-state index >= 15 is 0 Å². The van der Waals surface area contributed by atoms with Crippen LogP contribution in [-0.4, -0.2) is 44.1 Å². The third kappa shape index (κ3) is 3.55. The fourth-order valence-electron chi connectivity index (χ4n) is 2.06. The van der Waals surface area contributed by atoms with Crippen LogP contribution in [0.5, 0.6) is 0 Å². The van der Waals surface area contributed by atoms with Crippen molar-refractivity contribution in [1.82, 2.24) is 15.6 Å². The molecule has 2 heterocycles. The van der Waals surface area contributed by atoms with Gasteiger partial charge in [-0.2, -0.15) is 0 Å². The van der Waals surface area contributed by atoms with Crippen molar-refractivity contribution in [3.8, 4) is 0 Å². The number of pyridine rings is 1. The number of piperazine rings is 1. The van der Waals surface area contributed by atoms with E-state index in [1.165, 1.54) is 13.1 Å². The van der Waals surface area contributed by atoms with Crippen molar-refractivity contribution >= 4 is 24.0 Å². The predicted octanol–water partition coefficient (Wildman–Crippen LogP) is 1.21. The van der Waals surface area contributed by atoms with Gasteiger partial charge in [0.2, 0.25) is 0 Å². The molecule has 0 atom stereocenters. The number of rotatable bonds is 3. The number of hydrogen-bond acceptors (Lipinski definition) is 4. The number of anilines is 1. The molecule has 2 N–H and O–H groups in total. The lowest BCUT2D eigenvalue weighted by molar-refractivity contribution is 0.0956. The lowest BCUT2D eigenvalue weighted by Gasteiger charge is -2.30. The molecule has 20 heavy (non-hydrogen) atoms. The van der Waals surface area contributed by atoms with Crippen molar-refractivity contribution in [3.05, 3.63) is 23.5 Å². The molecule has 1 amide bonds. The molecule has 1 aromatic rings. The second-order valence-electron chi connectivity index (χ2n) is 4.22. The van der Waals surface area contributed by atoms with Gasteiger partial charge >= 0.3 is 0 Å². The van der Waals surface area contributed by atoms with E-state index in [1.54, 1.807) is 6.07 Å². The van der Waals surface area contributed by atoms with Gasteiger partial charge in [-0.25, -0.2) is 13.8 Å². The first-order valence-electron chi connectivity index (χ1n) is 6.10. The van der Waals surface area contributed by atoms with Gasteiger partial charge in [0, 0.05) is 33.2 Å². The minimum atomic E-state index is -2.70. The van der Waals surface area contributed by atoms with Crippen LogP contribution in [0.3, 0.4) is 0 Å². The molecule has 0 aromatic carbocycles. The van der Waals surface area contributed by atoms with E-state index in [0.717, 1.165) is 13.1 Å². The summed E-state index contributed by atoms with van der Waals surface area (Å²) in [5, 5.41) is 5.53. The summed E-state index contributed by atoms with van der Waals surface area (Å²) in [7, 11) is 1.44. The Morgan fingerprint density at radius 1 is 1.40 bits per heavy atom. The molecular weight excluding hydrogens is 290 g/mol. The van der Waals surface area contributed by atoms with Crippen LogP contribution in [-0.2, 0) is 0 Å². The zero-order chi connectivity index (χ0) is 13.8. The Labute approximate surface area is 122 Å². The van der Waals surface area contributed by atoms with E-state index in [-0.39, 0.29) is 23.8 Å². The molecule has 0 unspecified atom stereocenters. The van der Waals surface area contributed by atoms with Crippen molar-refractivity contribution < 1.29 is 13.6 Å². The van der Waals surface area contributed by atoms with Crippen LogP contribution in [0.15, 0.2) is 12.1 Å². The summed E-state index contributed by atoms with van der Waals surface area (Å²) in [5.41, 5.74) is 0.0869. The Balaban J connectivity index is 0.00000200. The number of nitrogens with one attached hydrogen (secondary N) is 2. The number of carbonyl (C=O) groups excluding carboxylic acids is 1. The molecule has 0 aliphatic carbocycles. The first kappa shape index (κ1) is 16.6. The van der Waals surface area contributed by atoms with Crippen molar-refractivity contribution in [2.45, 2.75) is 6.43 Å². The lowest BCUT2D eigenvalue weighted by atomic mass is 10.2. The van der Waals surface area contributed by atoms with E-state index in [1.807, 2.05) is 4.90 Å². The number of amides is 1. The van der Waals surface area contributed by atoms with Crippen LogP contribution in [0, 0.1) is 0 Å². The van der Waals surface area contributed by atoms with Crippen LogP contribution < -0.4 is 15.5 Å². The van der Waals surface area contributed by atoms with E-state index in [2.05, 4.69) is 15.6 Å². The van der Waals surface area contributed by atoms with E-state index in [4.69, 9.17) is 0 Å². The zero-order valence-corrected chi connectivity index (χ0v) is 11.8. The summed E-state index contributed by atoms with van der Waals surface area (Å²) < 4.78 is 26.2. The molecule has 0 radical (unpaired) electrons. The average molecular weight is 307 g/mol. The predicted molar refractivity (Wildman–Crippen MR) is 74.9 cm³/mol. The summed E-state index contributed by atoms with van der Waals surface area (Å²) in [4.78, 5) is 17.1. The highest BCUT2D eigenvalue weighted by Gasteiger charge is 2.22. The Hall–Kier alpha value is -1.47. The zero-order valence-electron chi connectivity index (χ0n) is 11.0. The molecule has 112 valence electrons.